The van der Waals surface area contributed by atoms with Gasteiger partial charge in [0.1, 0.15) is 5.60 Å². The first kappa shape index (κ1) is 14.2. The van der Waals surface area contributed by atoms with E-state index in [1.807, 2.05) is 40.7 Å². The van der Waals surface area contributed by atoms with Gasteiger partial charge in [0.2, 0.25) is 0 Å². The van der Waals surface area contributed by atoms with E-state index in [0.717, 1.165) is 0 Å². The lowest BCUT2D eigenvalue weighted by Gasteiger charge is -2.19. The minimum Gasteiger partial charge on any atom is -0.460 e. The number of ether oxygens (including phenoxy) is 2. The molecule has 0 amide bonds. The summed E-state index contributed by atoms with van der Waals surface area (Å²) in [6, 6.07) is 0. The molecule has 0 aromatic carbocycles. The van der Waals surface area contributed by atoms with Crippen LogP contribution in [0.5, 0.6) is 0 Å². The highest BCUT2D eigenvalue weighted by atomic mass is 16.6. The first-order valence-corrected chi connectivity index (χ1v) is 5.24. The van der Waals surface area contributed by atoms with Gasteiger partial charge in [0.05, 0.1) is 19.6 Å². The van der Waals surface area contributed by atoms with Crippen LogP contribution in [-0.2, 0) is 14.3 Å². The molecule has 0 aromatic heterocycles. The molecule has 0 spiro atoms. The van der Waals surface area contributed by atoms with Crippen molar-refractivity contribution in [2.45, 2.75) is 46.6 Å². The lowest BCUT2D eigenvalue weighted by molar-refractivity contribution is -0.155. The monoisotopic (exact) mass is 214 g/mol. The van der Waals surface area contributed by atoms with E-state index in [0.29, 0.717) is 19.6 Å². The average Bonchev–Trinajstić information content (AvgIpc) is 1.99. The van der Waals surface area contributed by atoms with E-state index in [2.05, 4.69) is 0 Å². The highest BCUT2D eigenvalue weighted by molar-refractivity contribution is 5.69. The highest BCUT2D eigenvalue weighted by Crippen LogP contribution is 2.08. The molecule has 0 saturated carbocycles. The molecule has 0 rings (SSSR count). The Kier molecular flexibility index (Phi) is 6.25. The van der Waals surface area contributed by atoms with Crippen LogP contribution in [0.3, 0.4) is 0 Å². The Bertz CT molecular complexity index is 220. The predicted octanol–water partition coefficient (Wildman–Crippen LogP) is 2.70. The summed E-state index contributed by atoms with van der Waals surface area (Å²) < 4.78 is 10.4. The van der Waals surface area contributed by atoms with Crippen molar-refractivity contribution in [2.75, 3.05) is 13.2 Å². The van der Waals surface area contributed by atoms with E-state index in [1.54, 1.807) is 0 Å². The van der Waals surface area contributed by atoms with Crippen LogP contribution in [0.2, 0.25) is 0 Å². The third-order valence-corrected chi connectivity index (χ3v) is 1.48. The van der Waals surface area contributed by atoms with Crippen LogP contribution in [-0.4, -0.2) is 24.8 Å². The summed E-state index contributed by atoms with van der Waals surface area (Å²) in [5, 5.41) is 0. The van der Waals surface area contributed by atoms with E-state index in [9.17, 15) is 4.79 Å². The van der Waals surface area contributed by atoms with Crippen LogP contribution in [0, 0.1) is 0 Å². The molecule has 0 aliphatic rings. The van der Waals surface area contributed by atoms with Gasteiger partial charge in [-0.1, -0.05) is 11.6 Å². The Labute approximate surface area is 92.5 Å². The minimum atomic E-state index is -0.406. The molecular weight excluding hydrogens is 192 g/mol. The lowest BCUT2D eigenvalue weighted by atomic mass is 10.2. The third-order valence-electron chi connectivity index (χ3n) is 1.48. The van der Waals surface area contributed by atoms with Gasteiger partial charge < -0.3 is 9.47 Å². The van der Waals surface area contributed by atoms with E-state index in [4.69, 9.17) is 9.47 Å². The summed E-state index contributed by atoms with van der Waals surface area (Å²) in [4.78, 5) is 11.2. The molecule has 0 saturated heterocycles. The van der Waals surface area contributed by atoms with Crippen LogP contribution >= 0.6 is 0 Å². The van der Waals surface area contributed by atoms with E-state index >= 15 is 0 Å². The number of allylic oxidation sites excluding steroid dienone is 1. The van der Waals surface area contributed by atoms with Crippen LogP contribution in [0.25, 0.3) is 0 Å². The third kappa shape index (κ3) is 11.1. The van der Waals surface area contributed by atoms with Gasteiger partial charge in [-0.2, -0.15) is 0 Å². The number of carbonyl (C=O) groups excluding carboxylic acids is 1. The summed E-state index contributed by atoms with van der Waals surface area (Å²) in [6.45, 7) is 10.6. The van der Waals surface area contributed by atoms with E-state index in [-0.39, 0.29) is 5.97 Å². The summed E-state index contributed by atoms with van der Waals surface area (Å²) in [6.07, 6.45) is 2.29. The maximum atomic E-state index is 11.2. The quantitative estimate of drug-likeness (QED) is 0.401. The standard InChI is InChI=1S/C12H22O3/c1-10(2)6-8-14-9-7-11(13)15-12(3,4)5/h6H,7-9H2,1-5H3. The van der Waals surface area contributed by atoms with Crippen molar-refractivity contribution in [3.8, 4) is 0 Å². The van der Waals surface area contributed by atoms with E-state index in [1.165, 1.54) is 5.57 Å². The highest BCUT2D eigenvalue weighted by Gasteiger charge is 2.15. The lowest BCUT2D eigenvalue weighted by Crippen LogP contribution is -2.24. The van der Waals surface area contributed by atoms with Gasteiger partial charge in [0.15, 0.2) is 0 Å². The summed E-state index contributed by atoms with van der Waals surface area (Å²) in [5.41, 5.74) is 0.809. The second kappa shape index (κ2) is 6.62. The molecule has 0 heterocycles. The number of hydrogen-bond donors (Lipinski definition) is 0. The van der Waals surface area contributed by atoms with Crippen LogP contribution in [0.4, 0.5) is 0 Å². The molecule has 0 radical (unpaired) electrons. The summed E-state index contributed by atoms with van der Waals surface area (Å²) >= 11 is 0. The van der Waals surface area contributed by atoms with E-state index < -0.39 is 5.60 Å². The fourth-order valence-corrected chi connectivity index (χ4v) is 0.857. The molecular formula is C12H22O3. The Morgan fingerprint density at radius 3 is 2.33 bits per heavy atom. The van der Waals surface area contributed by atoms with Gasteiger partial charge in [-0.15, -0.1) is 0 Å². The molecule has 15 heavy (non-hydrogen) atoms. The number of hydrogen-bond acceptors (Lipinski definition) is 3. The van der Waals surface area contributed by atoms with Crippen molar-refractivity contribution >= 4 is 5.97 Å². The fraction of sp³-hybridized carbons (Fsp3) is 0.750. The van der Waals surface area contributed by atoms with Gasteiger partial charge in [-0.25, -0.2) is 0 Å². The van der Waals surface area contributed by atoms with Crippen molar-refractivity contribution < 1.29 is 14.3 Å². The minimum absolute atomic E-state index is 0.209. The first-order chi connectivity index (χ1) is 6.81. The molecule has 3 nitrogen and oxygen atoms in total. The molecule has 0 aromatic rings. The zero-order valence-corrected chi connectivity index (χ0v) is 10.4. The zero-order valence-electron chi connectivity index (χ0n) is 10.4. The fourth-order valence-electron chi connectivity index (χ4n) is 0.857. The molecule has 0 unspecified atom stereocenters. The van der Waals surface area contributed by atoms with Crippen molar-refractivity contribution in [1.29, 1.82) is 0 Å². The second-order valence-electron chi connectivity index (χ2n) is 4.69. The largest absolute Gasteiger partial charge is 0.460 e. The molecule has 0 N–H and O–H groups in total. The van der Waals surface area contributed by atoms with Gasteiger partial charge in [-0.3, -0.25) is 4.79 Å². The van der Waals surface area contributed by atoms with Crippen molar-refractivity contribution in [3.63, 3.8) is 0 Å². The normalized spacial score (nSPS) is 11.0. The smallest absolute Gasteiger partial charge is 0.308 e. The van der Waals surface area contributed by atoms with Crippen LogP contribution in [0.1, 0.15) is 41.0 Å². The average molecular weight is 214 g/mol. The molecule has 88 valence electrons. The van der Waals surface area contributed by atoms with Gasteiger partial charge in [0.25, 0.3) is 0 Å². The topological polar surface area (TPSA) is 35.5 Å². The Balaban J connectivity index is 3.52. The van der Waals surface area contributed by atoms with Crippen molar-refractivity contribution in [1.82, 2.24) is 0 Å². The maximum Gasteiger partial charge on any atom is 0.308 e. The van der Waals surface area contributed by atoms with Crippen molar-refractivity contribution in [3.05, 3.63) is 11.6 Å². The molecule has 3 heteroatoms. The van der Waals surface area contributed by atoms with Crippen LogP contribution in [0.15, 0.2) is 11.6 Å². The molecule has 0 atom stereocenters. The number of rotatable bonds is 5. The maximum absolute atomic E-state index is 11.2. The molecule has 0 fully saturated rings. The van der Waals surface area contributed by atoms with Crippen molar-refractivity contribution in [2.24, 2.45) is 0 Å². The Hall–Kier alpha value is -0.830. The Morgan fingerprint density at radius 2 is 1.87 bits per heavy atom. The summed E-state index contributed by atoms with van der Waals surface area (Å²) in [7, 11) is 0. The molecule has 0 aliphatic carbocycles. The first-order valence-electron chi connectivity index (χ1n) is 5.24. The second-order valence-corrected chi connectivity index (χ2v) is 4.69. The van der Waals surface area contributed by atoms with Crippen LogP contribution < -0.4 is 0 Å². The Morgan fingerprint density at radius 1 is 1.27 bits per heavy atom. The zero-order chi connectivity index (χ0) is 11.9. The van der Waals surface area contributed by atoms with Gasteiger partial charge >= 0.3 is 5.97 Å². The van der Waals surface area contributed by atoms with Gasteiger partial charge in [0, 0.05) is 0 Å². The molecule has 0 aliphatic heterocycles. The van der Waals surface area contributed by atoms with Gasteiger partial charge in [-0.05, 0) is 34.6 Å². The molecule has 0 bridgehead atoms. The SMILES string of the molecule is CC(C)=CCOCCC(=O)OC(C)(C)C. The number of carbonyl (C=O) groups is 1. The summed E-state index contributed by atoms with van der Waals surface area (Å²) in [5.74, 6) is -0.209. The predicted molar refractivity (Wildman–Crippen MR) is 60.7 cm³/mol. The number of esters is 1.